The van der Waals surface area contributed by atoms with Crippen molar-refractivity contribution in [1.29, 1.82) is 0 Å². The smallest absolute Gasteiger partial charge is 0.157 e. The molecule has 2 rings (SSSR count). The van der Waals surface area contributed by atoms with Crippen LogP contribution in [0.15, 0.2) is 12.2 Å². The zero-order chi connectivity index (χ0) is 13.4. The average Bonchev–Trinajstić information content (AvgIpc) is 2.62. The topological polar surface area (TPSA) is 68.3 Å². The standard InChI is InChI=1S/C12H20O4S2/c1-2-3-9-18(15,16)12-7-5-4-6-11(12)17(13,14)10-8-12/h4-5,11H,2-3,6-10H2,1H3/t11-,12+/m0/s1. The van der Waals surface area contributed by atoms with Gasteiger partial charge < -0.3 is 0 Å². The van der Waals surface area contributed by atoms with Crippen LogP contribution in [-0.4, -0.2) is 38.3 Å². The second-order valence-corrected chi connectivity index (χ2v) is 10.0. The highest BCUT2D eigenvalue weighted by atomic mass is 32.2. The fourth-order valence-corrected chi connectivity index (χ4v) is 8.61. The van der Waals surface area contributed by atoms with Gasteiger partial charge in [0.1, 0.15) is 0 Å². The molecule has 1 saturated heterocycles. The van der Waals surface area contributed by atoms with E-state index in [1.807, 2.05) is 13.0 Å². The molecule has 4 nitrogen and oxygen atoms in total. The summed E-state index contributed by atoms with van der Waals surface area (Å²) in [5.74, 6) is 0.133. The molecular weight excluding hydrogens is 272 g/mol. The lowest BCUT2D eigenvalue weighted by Gasteiger charge is -2.34. The number of allylic oxidation sites excluding steroid dienone is 2. The fraction of sp³-hybridized carbons (Fsp3) is 0.833. The first-order valence-electron chi connectivity index (χ1n) is 6.44. The van der Waals surface area contributed by atoms with Crippen molar-refractivity contribution in [3.8, 4) is 0 Å². The van der Waals surface area contributed by atoms with Gasteiger partial charge in [-0.05, 0) is 25.7 Å². The lowest BCUT2D eigenvalue weighted by atomic mass is 9.91. The maximum Gasteiger partial charge on any atom is 0.157 e. The van der Waals surface area contributed by atoms with E-state index < -0.39 is 29.7 Å². The monoisotopic (exact) mass is 292 g/mol. The summed E-state index contributed by atoms with van der Waals surface area (Å²) in [5.41, 5.74) is 0. The van der Waals surface area contributed by atoms with Crippen LogP contribution < -0.4 is 0 Å². The first-order chi connectivity index (χ1) is 8.36. The molecule has 1 heterocycles. The van der Waals surface area contributed by atoms with E-state index in [1.54, 1.807) is 6.08 Å². The third kappa shape index (κ3) is 2.03. The molecule has 0 saturated carbocycles. The Morgan fingerprint density at radius 3 is 2.72 bits per heavy atom. The Labute approximate surface area is 109 Å². The third-order valence-electron chi connectivity index (χ3n) is 4.20. The van der Waals surface area contributed by atoms with Crippen molar-refractivity contribution in [2.24, 2.45) is 0 Å². The van der Waals surface area contributed by atoms with Crippen molar-refractivity contribution >= 4 is 19.7 Å². The summed E-state index contributed by atoms with van der Waals surface area (Å²) in [5, 5.41) is -0.711. The van der Waals surface area contributed by atoms with E-state index in [1.165, 1.54) is 0 Å². The van der Waals surface area contributed by atoms with Crippen LogP contribution in [0.3, 0.4) is 0 Å². The summed E-state index contributed by atoms with van der Waals surface area (Å²) < 4.78 is 48.1. The lowest BCUT2D eigenvalue weighted by molar-refractivity contribution is 0.477. The Kier molecular flexibility index (Phi) is 3.62. The highest BCUT2D eigenvalue weighted by molar-refractivity contribution is 7.97. The van der Waals surface area contributed by atoms with Crippen molar-refractivity contribution in [2.75, 3.05) is 11.5 Å². The Hall–Kier alpha value is -0.360. The van der Waals surface area contributed by atoms with E-state index in [4.69, 9.17) is 0 Å². The van der Waals surface area contributed by atoms with Crippen LogP contribution in [0.1, 0.15) is 39.0 Å². The van der Waals surface area contributed by atoms with Crippen LogP contribution in [0.5, 0.6) is 0 Å². The van der Waals surface area contributed by atoms with Crippen molar-refractivity contribution in [3.05, 3.63) is 12.2 Å². The summed E-state index contributed by atoms with van der Waals surface area (Å²) in [6, 6.07) is 0. The van der Waals surface area contributed by atoms with Gasteiger partial charge in [0, 0.05) is 0 Å². The fourth-order valence-electron chi connectivity index (χ4n) is 3.06. The van der Waals surface area contributed by atoms with Gasteiger partial charge in [0.2, 0.25) is 0 Å². The quantitative estimate of drug-likeness (QED) is 0.736. The second kappa shape index (κ2) is 4.63. The molecule has 2 atom stereocenters. The van der Waals surface area contributed by atoms with Crippen LogP contribution in [0.25, 0.3) is 0 Å². The minimum absolute atomic E-state index is 0.0186. The first kappa shape index (κ1) is 14.1. The summed E-state index contributed by atoms with van der Waals surface area (Å²) in [4.78, 5) is 0. The van der Waals surface area contributed by atoms with Crippen molar-refractivity contribution in [1.82, 2.24) is 0 Å². The lowest BCUT2D eigenvalue weighted by Crippen LogP contribution is -2.49. The van der Waals surface area contributed by atoms with Gasteiger partial charge in [0.25, 0.3) is 0 Å². The Morgan fingerprint density at radius 2 is 2.06 bits per heavy atom. The van der Waals surface area contributed by atoms with Crippen molar-refractivity contribution in [3.63, 3.8) is 0 Å². The summed E-state index contributed by atoms with van der Waals surface area (Å²) in [6.07, 6.45) is 6.05. The molecule has 0 N–H and O–H groups in total. The predicted molar refractivity (Wildman–Crippen MR) is 72.0 cm³/mol. The largest absolute Gasteiger partial charge is 0.228 e. The minimum atomic E-state index is -3.35. The second-order valence-electron chi connectivity index (χ2n) is 5.25. The van der Waals surface area contributed by atoms with Crippen LogP contribution >= 0.6 is 0 Å². The zero-order valence-electron chi connectivity index (χ0n) is 10.6. The molecule has 0 aromatic rings. The molecule has 6 heteroatoms. The Bertz CT molecular complexity index is 545. The molecule has 0 bridgehead atoms. The predicted octanol–water partition coefficient (Wildman–Crippen LogP) is 1.48. The highest BCUT2D eigenvalue weighted by Gasteiger charge is 2.58. The SMILES string of the molecule is CCCCS(=O)(=O)[C@@]12CC=CC[C@@H]1S(=O)(=O)CC2. The number of sulfone groups is 2. The van der Waals surface area contributed by atoms with Gasteiger partial charge in [0.15, 0.2) is 19.7 Å². The van der Waals surface area contributed by atoms with Gasteiger partial charge in [-0.1, -0.05) is 25.5 Å². The van der Waals surface area contributed by atoms with E-state index in [0.29, 0.717) is 19.3 Å². The maximum absolute atomic E-state index is 12.5. The minimum Gasteiger partial charge on any atom is -0.228 e. The van der Waals surface area contributed by atoms with E-state index in [9.17, 15) is 16.8 Å². The Balaban J connectivity index is 2.43. The molecule has 18 heavy (non-hydrogen) atoms. The summed E-state index contributed by atoms with van der Waals surface area (Å²) in [6.45, 7) is 1.94. The number of rotatable bonds is 4. The van der Waals surface area contributed by atoms with Crippen LogP contribution in [0.2, 0.25) is 0 Å². The van der Waals surface area contributed by atoms with Gasteiger partial charge >= 0.3 is 0 Å². The molecule has 0 unspecified atom stereocenters. The van der Waals surface area contributed by atoms with Crippen LogP contribution in [0.4, 0.5) is 0 Å². The zero-order valence-corrected chi connectivity index (χ0v) is 12.3. The first-order valence-corrected chi connectivity index (χ1v) is 9.81. The van der Waals surface area contributed by atoms with Gasteiger partial charge in [-0.15, -0.1) is 0 Å². The van der Waals surface area contributed by atoms with Gasteiger partial charge in [-0.25, -0.2) is 16.8 Å². The maximum atomic E-state index is 12.5. The molecule has 1 aliphatic heterocycles. The molecule has 104 valence electrons. The Morgan fingerprint density at radius 1 is 1.33 bits per heavy atom. The number of fused-ring (bicyclic) bond motifs is 1. The van der Waals surface area contributed by atoms with Gasteiger partial charge in [0.05, 0.1) is 21.5 Å². The van der Waals surface area contributed by atoms with E-state index >= 15 is 0 Å². The molecule has 0 aromatic carbocycles. The highest BCUT2D eigenvalue weighted by Crippen LogP contribution is 2.45. The molecular formula is C12H20O4S2. The molecule has 0 amide bonds. The molecule has 1 fully saturated rings. The summed E-state index contributed by atoms with van der Waals surface area (Å²) >= 11 is 0. The number of hydrogen-bond donors (Lipinski definition) is 0. The molecule has 0 aromatic heterocycles. The van der Waals surface area contributed by atoms with Crippen LogP contribution in [-0.2, 0) is 19.7 Å². The molecule has 0 spiro atoms. The van der Waals surface area contributed by atoms with E-state index in [-0.39, 0.29) is 17.9 Å². The van der Waals surface area contributed by atoms with Crippen molar-refractivity contribution < 1.29 is 16.8 Å². The number of hydrogen-bond acceptors (Lipinski definition) is 4. The van der Waals surface area contributed by atoms with Gasteiger partial charge in [-0.3, -0.25) is 0 Å². The molecule has 2 aliphatic rings. The third-order valence-corrected chi connectivity index (χ3v) is 9.35. The summed E-state index contributed by atoms with van der Waals surface area (Å²) in [7, 11) is -6.59. The van der Waals surface area contributed by atoms with Crippen molar-refractivity contribution in [2.45, 2.75) is 49.0 Å². The molecule has 0 radical (unpaired) electrons. The molecule has 1 aliphatic carbocycles. The average molecular weight is 292 g/mol. The number of unbranched alkanes of at least 4 members (excludes halogenated alkanes) is 1. The normalized spacial score (nSPS) is 34.4. The van der Waals surface area contributed by atoms with Crippen LogP contribution in [0, 0.1) is 0 Å². The van der Waals surface area contributed by atoms with Gasteiger partial charge in [-0.2, -0.15) is 0 Å². The van der Waals surface area contributed by atoms with E-state index in [0.717, 1.165) is 6.42 Å². The van der Waals surface area contributed by atoms with E-state index in [2.05, 4.69) is 0 Å².